The molecule has 0 atom stereocenters. The zero-order chi connectivity index (χ0) is 33.3. The van der Waals surface area contributed by atoms with E-state index in [9.17, 15) is 9.59 Å². The Morgan fingerprint density at radius 1 is 0.451 bits per heavy atom. The van der Waals surface area contributed by atoms with Gasteiger partial charge >= 0.3 is 5.43 Å². The van der Waals surface area contributed by atoms with Crippen molar-refractivity contribution in [2.75, 3.05) is 0 Å². The Kier molecular flexibility index (Phi) is 7.23. The molecule has 10 rings (SSSR count). The van der Waals surface area contributed by atoms with Crippen LogP contribution in [0.2, 0.25) is 0 Å². The molecule has 0 aliphatic carbocycles. The first-order valence-electron chi connectivity index (χ1n) is 16.4. The Bertz CT molecular complexity index is 2980. The van der Waals surface area contributed by atoms with Crippen LogP contribution in [0.5, 0.6) is 0 Å². The third-order valence-electron chi connectivity index (χ3n) is 9.59. The SMILES string of the molecule is O=c1c2ccccc2c2c3ccc([n-]3)[c+](-c3ccccc3)c3ccc([n-]3)[c+](-c3ccccc3)c3ccc([n-]3)[c+]3c(nc12)c(=O)c1ccccc13.[Pt]. The fraction of sp³-hybridized carbons (Fsp3) is 0. The van der Waals surface area contributed by atoms with Crippen LogP contribution in [0.1, 0.15) is 0 Å². The maximum atomic E-state index is 14.2. The van der Waals surface area contributed by atoms with E-state index in [4.69, 9.17) is 19.9 Å². The van der Waals surface area contributed by atoms with E-state index < -0.39 is 0 Å². The third-order valence-corrected chi connectivity index (χ3v) is 9.59. The van der Waals surface area contributed by atoms with Crippen molar-refractivity contribution in [1.29, 1.82) is 0 Å². The first-order chi connectivity index (χ1) is 24.6. The summed E-state index contributed by atoms with van der Waals surface area (Å²) in [7, 11) is 0. The molecule has 6 aromatic carbocycles. The summed E-state index contributed by atoms with van der Waals surface area (Å²) < 4.78 is 0. The van der Waals surface area contributed by atoms with Gasteiger partial charge in [-0.3, -0.25) is 4.79 Å². The van der Waals surface area contributed by atoms with Crippen molar-refractivity contribution < 1.29 is 21.1 Å². The number of nitrogens with zero attached hydrogens (tertiary/aromatic N) is 4. The average Bonchev–Trinajstić information content (AvgIpc) is 4.00. The smallest absolute Gasteiger partial charge is 0.303 e. The maximum Gasteiger partial charge on any atom is 0.303 e. The van der Waals surface area contributed by atoms with E-state index in [0.29, 0.717) is 43.6 Å². The van der Waals surface area contributed by atoms with Crippen molar-refractivity contribution in [3.8, 4) is 22.3 Å². The van der Waals surface area contributed by atoms with E-state index in [0.717, 1.165) is 44.1 Å². The Labute approximate surface area is 304 Å². The van der Waals surface area contributed by atoms with Crippen molar-refractivity contribution in [2.45, 2.75) is 0 Å². The van der Waals surface area contributed by atoms with E-state index in [-0.39, 0.29) is 43.0 Å². The summed E-state index contributed by atoms with van der Waals surface area (Å²) in [6, 6.07) is 46.9. The summed E-state index contributed by atoms with van der Waals surface area (Å²) in [5.74, 6) is 0. The van der Waals surface area contributed by atoms with Gasteiger partial charge in [-0.05, 0) is 99.6 Å². The van der Waals surface area contributed by atoms with E-state index in [1.807, 2.05) is 109 Å². The van der Waals surface area contributed by atoms with Gasteiger partial charge in [0.05, 0.1) is 21.9 Å². The topological polar surface area (TPSA) is 89.3 Å². The standard InChI is InChI=1S/C44H24N4O2.Pt/c49-43-29-17-9-7-15-27(29)39-35-23-21-33(46-35)37(25-11-3-1-4-12-25)31-19-20-32(45-31)38(26-13-5-2-6-14-26)34-22-24-36(47-34)40-28-16-8-10-18-30(28)44(50)42(40)48-41(39)43;/h1-24H;. The van der Waals surface area contributed by atoms with Crippen molar-refractivity contribution in [3.05, 3.63) is 166 Å². The minimum atomic E-state index is -0.248. The molecule has 0 aliphatic rings. The molecule has 4 heterocycles. The zero-order valence-electron chi connectivity index (χ0n) is 26.8. The quantitative estimate of drug-likeness (QED) is 0.162. The molecule has 0 N–H and O–H groups in total. The third kappa shape index (κ3) is 4.75. The fourth-order valence-electron chi connectivity index (χ4n) is 7.36. The average molecular weight is 836 g/mol. The van der Waals surface area contributed by atoms with Crippen LogP contribution < -0.4 is 25.8 Å². The van der Waals surface area contributed by atoms with Crippen molar-refractivity contribution in [3.63, 3.8) is 0 Å². The summed E-state index contributed by atoms with van der Waals surface area (Å²) in [6.07, 6.45) is 0. The van der Waals surface area contributed by atoms with Crippen LogP contribution in [0, 0.1) is 0 Å². The van der Waals surface area contributed by atoms with Gasteiger partial charge in [-0.15, -0.1) is 5.52 Å². The number of rotatable bonds is 2. The molecule has 4 aromatic heterocycles. The number of hydrogen-bond donors (Lipinski definition) is 0. The Balaban J connectivity index is 0.00000348. The summed E-state index contributed by atoms with van der Waals surface area (Å²) in [5, 5.41) is 3.72. The molecule has 0 saturated carbocycles. The molecular formula is C44H24N4O2Pt. The van der Waals surface area contributed by atoms with Crippen molar-refractivity contribution in [2.24, 2.45) is 0 Å². The molecule has 51 heavy (non-hydrogen) atoms. The van der Waals surface area contributed by atoms with Gasteiger partial charge in [-0.25, -0.2) is 9.78 Å². The minimum absolute atomic E-state index is 0. The van der Waals surface area contributed by atoms with Crippen LogP contribution in [-0.2, 0) is 21.1 Å². The molecule has 0 fully saturated rings. The summed E-state index contributed by atoms with van der Waals surface area (Å²) in [5.41, 5.74) is 7.69. The van der Waals surface area contributed by atoms with Crippen LogP contribution in [0.25, 0.3) is 98.7 Å². The molecule has 0 unspecified atom stereocenters. The monoisotopic (exact) mass is 835 g/mol. The summed E-state index contributed by atoms with van der Waals surface area (Å²) in [6.45, 7) is 0. The predicted octanol–water partition coefficient (Wildman–Crippen LogP) is 8.92. The molecule has 7 heteroatoms. The normalized spacial score (nSPS) is 11.5. The van der Waals surface area contributed by atoms with Gasteiger partial charge in [0.15, 0.2) is 5.52 Å². The molecule has 0 saturated heterocycles. The maximum absolute atomic E-state index is 14.2. The molecular weight excluding hydrogens is 812 g/mol. The van der Waals surface area contributed by atoms with Gasteiger partial charge < -0.3 is 15.0 Å². The first-order valence-corrected chi connectivity index (χ1v) is 16.4. The van der Waals surface area contributed by atoms with Crippen LogP contribution in [0.3, 0.4) is 0 Å². The molecule has 10 aromatic rings. The summed E-state index contributed by atoms with van der Waals surface area (Å²) in [4.78, 5) is 49.0. The van der Waals surface area contributed by atoms with Gasteiger partial charge in [-0.1, -0.05) is 29.8 Å². The second kappa shape index (κ2) is 12.0. The molecule has 0 spiro atoms. The van der Waals surface area contributed by atoms with Gasteiger partial charge in [0.1, 0.15) is 10.9 Å². The molecule has 0 radical (unpaired) electrons. The Morgan fingerprint density at radius 3 is 1.59 bits per heavy atom. The minimum Gasteiger partial charge on any atom is -0.642 e. The van der Waals surface area contributed by atoms with Crippen molar-refractivity contribution in [1.82, 2.24) is 19.9 Å². The van der Waals surface area contributed by atoms with Crippen molar-refractivity contribution >= 4 is 76.5 Å². The second-order valence-electron chi connectivity index (χ2n) is 12.4. The van der Waals surface area contributed by atoms with E-state index in [2.05, 4.69) is 24.3 Å². The largest absolute Gasteiger partial charge is 0.642 e. The fourth-order valence-corrected chi connectivity index (χ4v) is 7.36. The Hall–Kier alpha value is -6.23. The summed E-state index contributed by atoms with van der Waals surface area (Å²) >= 11 is 0. The van der Waals surface area contributed by atoms with E-state index in [1.165, 1.54) is 0 Å². The molecule has 6 nitrogen and oxygen atoms in total. The Morgan fingerprint density at radius 2 is 0.941 bits per heavy atom. The van der Waals surface area contributed by atoms with Gasteiger partial charge in [-0.2, -0.15) is 0 Å². The van der Waals surface area contributed by atoms with E-state index in [1.54, 1.807) is 12.1 Å². The zero-order valence-corrected chi connectivity index (χ0v) is 29.1. The van der Waals surface area contributed by atoms with E-state index >= 15 is 0 Å². The number of fused-ring (bicyclic) bond motifs is 14. The number of hydrogen-bond acceptors (Lipinski definition) is 3. The number of benzene rings is 4. The molecule has 0 amide bonds. The predicted molar refractivity (Wildman–Crippen MR) is 203 cm³/mol. The molecule has 6 bridgehead atoms. The molecule has 242 valence electrons. The first kappa shape index (κ1) is 30.8. The number of aromatic nitrogens is 4. The molecule has 0 aliphatic heterocycles. The van der Waals surface area contributed by atoms with Gasteiger partial charge in [0.2, 0.25) is 5.43 Å². The van der Waals surface area contributed by atoms with Crippen LogP contribution in [-0.4, -0.2) is 4.98 Å². The van der Waals surface area contributed by atoms with Crippen LogP contribution in [0.4, 0.5) is 0 Å². The van der Waals surface area contributed by atoms with Gasteiger partial charge in [0.25, 0.3) is 0 Å². The van der Waals surface area contributed by atoms with Gasteiger partial charge in [0, 0.05) is 92.2 Å². The van der Waals surface area contributed by atoms with Crippen LogP contribution in [0.15, 0.2) is 155 Å². The second-order valence-corrected chi connectivity index (χ2v) is 12.4. The van der Waals surface area contributed by atoms with Crippen LogP contribution >= 0.6 is 0 Å².